The molecule has 2 aromatic rings. The van der Waals surface area contributed by atoms with Crippen LogP contribution in [0.15, 0.2) is 36.4 Å². The largest absolute Gasteiger partial charge is 0.497 e. The molecule has 1 unspecified atom stereocenters. The molecule has 0 fully saturated rings. The summed E-state index contributed by atoms with van der Waals surface area (Å²) in [6, 6.07) is 8.59. The van der Waals surface area contributed by atoms with Crippen LogP contribution < -0.4 is 10.1 Å². The van der Waals surface area contributed by atoms with Crippen molar-refractivity contribution in [3.8, 4) is 5.75 Å². The van der Waals surface area contributed by atoms with Crippen molar-refractivity contribution in [2.45, 2.75) is 6.04 Å². The summed E-state index contributed by atoms with van der Waals surface area (Å²) in [5.74, 6) is -3.24. The average Bonchev–Trinajstić information content (AvgIpc) is 2.45. The van der Waals surface area contributed by atoms with E-state index in [1.807, 2.05) is 0 Å². The lowest BCUT2D eigenvalue weighted by Crippen LogP contribution is -2.18. The van der Waals surface area contributed by atoms with Gasteiger partial charge in [0.2, 0.25) is 0 Å². The molecule has 0 aromatic heterocycles. The van der Waals surface area contributed by atoms with Gasteiger partial charge < -0.3 is 10.1 Å². The van der Waals surface area contributed by atoms with Crippen LogP contribution in [0, 0.1) is 17.5 Å². The van der Waals surface area contributed by atoms with E-state index in [0.29, 0.717) is 11.3 Å². The second-order valence-electron chi connectivity index (χ2n) is 4.30. The third-order valence-electron chi connectivity index (χ3n) is 3.06. The van der Waals surface area contributed by atoms with Gasteiger partial charge in [0.05, 0.1) is 13.2 Å². The standard InChI is InChI=1S/C15H14F3NO/c1-19-15(9-4-3-5-11(6-9)20-2)10-7-12(16)14(18)13(17)8-10/h3-8,15,19H,1-2H3. The maximum atomic E-state index is 13.3. The summed E-state index contributed by atoms with van der Waals surface area (Å²) in [5, 5.41) is 2.95. The van der Waals surface area contributed by atoms with Crippen LogP contribution in [0.25, 0.3) is 0 Å². The SMILES string of the molecule is CNC(c1cccc(OC)c1)c1cc(F)c(F)c(F)c1. The van der Waals surface area contributed by atoms with E-state index in [-0.39, 0.29) is 0 Å². The number of hydrogen-bond donors (Lipinski definition) is 1. The first-order valence-electron chi connectivity index (χ1n) is 6.02. The Labute approximate surface area is 115 Å². The van der Waals surface area contributed by atoms with E-state index in [9.17, 15) is 13.2 Å². The minimum absolute atomic E-state index is 0.303. The minimum Gasteiger partial charge on any atom is -0.497 e. The molecule has 0 saturated heterocycles. The fraction of sp³-hybridized carbons (Fsp3) is 0.200. The van der Waals surface area contributed by atoms with Gasteiger partial charge in [-0.05, 0) is 42.4 Å². The Kier molecular flexibility index (Phi) is 4.29. The van der Waals surface area contributed by atoms with E-state index in [4.69, 9.17) is 4.74 Å². The van der Waals surface area contributed by atoms with Gasteiger partial charge in [-0.3, -0.25) is 0 Å². The van der Waals surface area contributed by atoms with E-state index in [2.05, 4.69) is 5.32 Å². The Balaban J connectivity index is 2.46. The third kappa shape index (κ3) is 2.77. The van der Waals surface area contributed by atoms with Crippen molar-refractivity contribution in [1.82, 2.24) is 5.32 Å². The highest BCUT2D eigenvalue weighted by atomic mass is 19.2. The molecule has 0 aliphatic rings. The molecule has 20 heavy (non-hydrogen) atoms. The van der Waals surface area contributed by atoms with E-state index >= 15 is 0 Å². The maximum Gasteiger partial charge on any atom is 0.194 e. The third-order valence-corrected chi connectivity index (χ3v) is 3.06. The summed E-state index contributed by atoms with van der Waals surface area (Å²) in [6.45, 7) is 0. The van der Waals surface area contributed by atoms with E-state index in [0.717, 1.165) is 17.7 Å². The second kappa shape index (κ2) is 5.96. The maximum absolute atomic E-state index is 13.3. The molecule has 0 heterocycles. The average molecular weight is 281 g/mol. The van der Waals surface area contributed by atoms with Gasteiger partial charge in [-0.1, -0.05) is 12.1 Å². The highest BCUT2D eigenvalue weighted by molar-refractivity contribution is 5.37. The first-order chi connectivity index (χ1) is 9.56. The molecule has 1 N–H and O–H groups in total. The van der Waals surface area contributed by atoms with Gasteiger partial charge in [-0.2, -0.15) is 0 Å². The predicted octanol–water partition coefficient (Wildman–Crippen LogP) is 3.42. The summed E-state index contributed by atoms with van der Waals surface area (Å²) < 4.78 is 44.8. The normalized spacial score (nSPS) is 12.2. The van der Waals surface area contributed by atoms with Crippen molar-refractivity contribution < 1.29 is 17.9 Å². The molecule has 1 atom stereocenters. The summed E-state index contributed by atoms with van der Waals surface area (Å²) in [4.78, 5) is 0. The van der Waals surface area contributed by atoms with Crippen molar-refractivity contribution in [3.63, 3.8) is 0 Å². The van der Waals surface area contributed by atoms with Crippen LogP contribution in [0.5, 0.6) is 5.75 Å². The number of benzene rings is 2. The Hall–Kier alpha value is -2.01. The van der Waals surface area contributed by atoms with E-state index in [1.54, 1.807) is 31.3 Å². The van der Waals surface area contributed by atoms with Crippen LogP contribution in [0.3, 0.4) is 0 Å². The van der Waals surface area contributed by atoms with Crippen molar-refractivity contribution in [1.29, 1.82) is 0 Å². The zero-order chi connectivity index (χ0) is 14.7. The number of methoxy groups -OCH3 is 1. The van der Waals surface area contributed by atoms with Gasteiger partial charge in [0.1, 0.15) is 5.75 Å². The molecular weight excluding hydrogens is 267 g/mol. The number of nitrogens with one attached hydrogen (secondary N) is 1. The molecule has 0 aliphatic heterocycles. The van der Waals surface area contributed by atoms with Crippen LogP contribution >= 0.6 is 0 Å². The molecule has 0 aliphatic carbocycles. The molecule has 2 aromatic carbocycles. The molecular formula is C15H14F3NO. The fourth-order valence-electron chi connectivity index (χ4n) is 2.09. The van der Waals surface area contributed by atoms with Gasteiger partial charge in [0.25, 0.3) is 0 Å². The van der Waals surface area contributed by atoms with Crippen LogP contribution in [-0.2, 0) is 0 Å². The monoisotopic (exact) mass is 281 g/mol. The highest BCUT2D eigenvalue weighted by Crippen LogP contribution is 2.27. The van der Waals surface area contributed by atoms with Gasteiger partial charge in [-0.15, -0.1) is 0 Å². The summed E-state index contributed by atoms with van der Waals surface area (Å²) in [6.07, 6.45) is 0. The van der Waals surface area contributed by atoms with E-state index < -0.39 is 23.5 Å². The first-order valence-corrected chi connectivity index (χ1v) is 6.02. The smallest absolute Gasteiger partial charge is 0.194 e. The van der Waals surface area contributed by atoms with Crippen LogP contribution in [0.2, 0.25) is 0 Å². The molecule has 0 bridgehead atoms. The topological polar surface area (TPSA) is 21.3 Å². The van der Waals surface area contributed by atoms with Crippen LogP contribution in [0.4, 0.5) is 13.2 Å². The Morgan fingerprint density at radius 2 is 1.65 bits per heavy atom. The first kappa shape index (κ1) is 14.4. The molecule has 0 spiro atoms. The molecule has 0 amide bonds. The van der Waals surface area contributed by atoms with Crippen molar-refractivity contribution >= 4 is 0 Å². The quantitative estimate of drug-likeness (QED) is 0.867. The highest BCUT2D eigenvalue weighted by Gasteiger charge is 2.18. The van der Waals surface area contributed by atoms with Crippen LogP contribution in [0.1, 0.15) is 17.2 Å². The lowest BCUT2D eigenvalue weighted by molar-refractivity contribution is 0.413. The molecule has 2 rings (SSSR count). The number of ether oxygens (including phenoxy) is 1. The summed E-state index contributed by atoms with van der Waals surface area (Å²) in [7, 11) is 3.19. The van der Waals surface area contributed by atoms with Crippen molar-refractivity contribution in [2.24, 2.45) is 0 Å². The molecule has 106 valence electrons. The van der Waals surface area contributed by atoms with Crippen molar-refractivity contribution in [3.05, 3.63) is 65.0 Å². The fourth-order valence-corrected chi connectivity index (χ4v) is 2.09. The summed E-state index contributed by atoms with van der Waals surface area (Å²) in [5.41, 5.74) is 1.06. The predicted molar refractivity (Wildman–Crippen MR) is 70.2 cm³/mol. The summed E-state index contributed by atoms with van der Waals surface area (Å²) >= 11 is 0. The zero-order valence-corrected chi connectivity index (χ0v) is 11.1. The minimum atomic E-state index is -1.46. The molecule has 0 radical (unpaired) electrons. The number of hydrogen-bond acceptors (Lipinski definition) is 2. The van der Waals surface area contributed by atoms with Crippen LogP contribution in [-0.4, -0.2) is 14.2 Å². The number of halogens is 3. The van der Waals surface area contributed by atoms with Gasteiger partial charge in [0, 0.05) is 0 Å². The van der Waals surface area contributed by atoms with Crippen molar-refractivity contribution in [2.75, 3.05) is 14.2 Å². The van der Waals surface area contributed by atoms with Gasteiger partial charge in [-0.25, -0.2) is 13.2 Å². The van der Waals surface area contributed by atoms with E-state index in [1.165, 1.54) is 7.11 Å². The second-order valence-corrected chi connectivity index (χ2v) is 4.30. The Morgan fingerprint density at radius 3 is 2.20 bits per heavy atom. The zero-order valence-electron chi connectivity index (χ0n) is 11.1. The molecule has 2 nitrogen and oxygen atoms in total. The Morgan fingerprint density at radius 1 is 1.00 bits per heavy atom. The van der Waals surface area contributed by atoms with Gasteiger partial charge in [0.15, 0.2) is 17.5 Å². The van der Waals surface area contributed by atoms with Gasteiger partial charge >= 0.3 is 0 Å². The molecule has 0 saturated carbocycles. The number of rotatable bonds is 4. The lowest BCUT2D eigenvalue weighted by Gasteiger charge is -2.18. The lowest BCUT2D eigenvalue weighted by atomic mass is 9.98. The Bertz CT molecular complexity index is 593. The molecule has 5 heteroatoms.